The average molecular weight is 709 g/mol. The summed E-state index contributed by atoms with van der Waals surface area (Å²) >= 11 is 0. The minimum Gasteiger partial charge on any atom is -0.358 e. The van der Waals surface area contributed by atoms with Gasteiger partial charge >= 0.3 is 8.60 Å². The monoisotopic (exact) mass is 709 g/mol. The molecule has 1 aromatic heterocycles. The number of hydrogen-bond acceptors (Lipinski definition) is 4. The fourth-order valence-electron chi connectivity index (χ4n) is 2.97. The summed E-state index contributed by atoms with van der Waals surface area (Å²) in [6.07, 6.45) is 1.55. The van der Waals surface area contributed by atoms with Gasteiger partial charge in [-0.3, -0.25) is 22.4 Å². The largest absolute Gasteiger partial charge is 0.528 e. The second kappa shape index (κ2) is 16.3. The molecule has 0 saturated carbocycles. The van der Waals surface area contributed by atoms with Crippen molar-refractivity contribution >= 4 is 8.60 Å². The van der Waals surface area contributed by atoms with E-state index in [1.165, 1.54) is 0 Å². The van der Waals surface area contributed by atoms with E-state index >= 15 is 0 Å². The van der Waals surface area contributed by atoms with Gasteiger partial charge in [0.15, 0.2) is 17.2 Å². The first-order valence-electron chi connectivity index (χ1n) is 11.0. The Bertz CT molecular complexity index is 1240. The number of nitrogens with zero attached hydrogens (tertiary/aromatic N) is 1. The smallest absolute Gasteiger partial charge is 0.358 e. The Morgan fingerprint density at radius 1 is 0.632 bits per heavy atom. The molecule has 8 heteroatoms. The minimum absolute atomic E-state index is 0. The van der Waals surface area contributed by atoms with E-state index in [9.17, 15) is 8.78 Å². The maximum atomic E-state index is 13.2. The SMILES string of the molecule is Fc1c[c-]c(-c2ccccn2)c(F)c1.[CH3-].[Ir].c1ccc(O[PH+](Oc2ccccc2)Oc2ccccc2)cc1. The molecule has 4 aromatic carbocycles. The van der Waals surface area contributed by atoms with Crippen LogP contribution in [0.15, 0.2) is 128 Å². The first-order chi connectivity index (χ1) is 17.7. The Morgan fingerprint density at radius 2 is 1.08 bits per heavy atom. The van der Waals surface area contributed by atoms with Gasteiger partial charge in [-0.2, -0.15) is 0 Å². The summed E-state index contributed by atoms with van der Waals surface area (Å²) in [7, 11) is -2.00. The Labute approximate surface area is 236 Å². The van der Waals surface area contributed by atoms with Crippen molar-refractivity contribution in [3.63, 3.8) is 0 Å². The van der Waals surface area contributed by atoms with Gasteiger partial charge in [0.25, 0.3) is 0 Å². The molecular weight excluding hydrogens is 684 g/mol. The molecule has 0 aliphatic carbocycles. The molecule has 0 aliphatic heterocycles. The molecule has 1 radical (unpaired) electrons. The maximum Gasteiger partial charge on any atom is 0.528 e. The van der Waals surface area contributed by atoms with Gasteiger partial charge < -0.3 is 12.4 Å². The van der Waals surface area contributed by atoms with Crippen LogP contribution >= 0.6 is 8.60 Å². The van der Waals surface area contributed by atoms with Crippen LogP contribution in [0.5, 0.6) is 17.2 Å². The van der Waals surface area contributed by atoms with Gasteiger partial charge in [0.1, 0.15) is 0 Å². The van der Waals surface area contributed by atoms with E-state index in [-0.39, 0.29) is 33.1 Å². The topological polar surface area (TPSA) is 40.6 Å². The molecule has 0 unspecified atom stereocenters. The van der Waals surface area contributed by atoms with Crippen molar-refractivity contribution in [2.45, 2.75) is 0 Å². The summed E-state index contributed by atoms with van der Waals surface area (Å²) in [6, 6.07) is 38.1. The normalized spacial score (nSPS) is 9.66. The second-order valence-electron chi connectivity index (χ2n) is 7.25. The number of halogens is 2. The van der Waals surface area contributed by atoms with Gasteiger partial charge in [-0.05, 0) is 48.2 Å². The van der Waals surface area contributed by atoms with Gasteiger partial charge in [-0.15, -0.1) is 12.1 Å². The molecule has 38 heavy (non-hydrogen) atoms. The van der Waals surface area contributed by atoms with Crippen molar-refractivity contribution in [3.8, 4) is 28.5 Å². The summed E-state index contributed by atoms with van der Waals surface area (Å²) < 4.78 is 43.4. The fraction of sp³-hybridized carbons (Fsp3) is 0. The molecule has 0 fully saturated rings. The van der Waals surface area contributed by atoms with Crippen LogP contribution in [0, 0.1) is 25.1 Å². The van der Waals surface area contributed by atoms with Crippen molar-refractivity contribution in [2.75, 3.05) is 0 Å². The summed E-state index contributed by atoms with van der Waals surface area (Å²) in [4.78, 5) is 3.95. The van der Waals surface area contributed by atoms with Crippen LogP contribution in [0.2, 0.25) is 0 Å². The first-order valence-corrected chi connectivity index (χ1v) is 12.2. The van der Waals surface area contributed by atoms with E-state index < -0.39 is 20.2 Å². The third-order valence-electron chi connectivity index (χ3n) is 4.61. The van der Waals surface area contributed by atoms with E-state index in [2.05, 4.69) is 11.1 Å². The minimum atomic E-state index is -2.00. The second-order valence-corrected chi connectivity index (χ2v) is 8.36. The number of hydrogen-bond donors (Lipinski definition) is 0. The Morgan fingerprint density at radius 3 is 1.47 bits per heavy atom. The van der Waals surface area contributed by atoms with Gasteiger partial charge in [0.05, 0.1) is 0 Å². The zero-order valence-electron chi connectivity index (χ0n) is 20.4. The van der Waals surface area contributed by atoms with Crippen LogP contribution < -0.4 is 13.6 Å². The first kappa shape index (κ1) is 30.6. The third-order valence-corrected chi connectivity index (χ3v) is 5.82. The molecule has 0 N–H and O–H groups in total. The molecule has 197 valence electrons. The standard InChI is InChI=1S/C18H16O3P.C11H6F2N.CH3.Ir/c1-4-10-16(11-5-1)19-22(20-17-12-6-2-7-13-17)21-18-14-8-3-9-15-18;12-8-4-5-9(10(13)7-8)11-3-1-2-6-14-11;;/h1-15,22H;1-4,6-7H;1H3;/q+1;2*-1;. The zero-order valence-corrected chi connectivity index (χ0v) is 23.8. The molecule has 0 saturated heterocycles. The zero-order chi connectivity index (χ0) is 25.0. The van der Waals surface area contributed by atoms with Crippen LogP contribution in [0.3, 0.4) is 0 Å². The quantitative estimate of drug-likeness (QED) is 0.126. The average Bonchev–Trinajstić information content (AvgIpc) is 2.91. The van der Waals surface area contributed by atoms with Gasteiger partial charge in [0.2, 0.25) is 0 Å². The molecule has 0 spiro atoms. The predicted molar refractivity (Wildman–Crippen MR) is 144 cm³/mol. The Balaban J connectivity index is 0.000000276. The predicted octanol–water partition coefficient (Wildman–Crippen LogP) is 8.46. The van der Waals surface area contributed by atoms with E-state index in [4.69, 9.17) is 13.6 Å². The molecule has 4 nitrogen and oxygen atoms in total. The molecule has 0 bridgehead atoms. The molecular formula is C30H25F2IrNO3P-. The van der Waals surface area contributed by atoms with Crippen molar-refractivity contribution in [3.05, 3.63) is 153 Å². The number of para-hydroxylation sites is 3. The molecule has 5 aromatic rings. The summed E-state index contributed by atoms with van der Waals surface area (Å²) in [5.74, 6) is 0.889. The van der Waals surface area contributed by atoms with E-state index in [0.717, 1.165) is 29.4 Å². The van der Waals surface area contributed by atoms with Crippen molar-refractivity contribution < 1.29 is 42.5 Å². The van der Waals surface area contributed by atoms with Crippen molar-refractivity contribution in [1.29, 1.82) is 0 Å². The van der Waals surface area contributed by atoms with Crippen LogP contribution in [0.25, 0.3) is 11.3 Å². The van der Waals surface area contributed by atoms with Crippen LogP contribution in [0.4, 0.5) is 8.78 Å². The summed E-state index contributed by atoms with van der Waals surface area (Å²) in [5.41, 5.74) is 0.636. The number of aromatic nitrogens is 1. The Kier molecular flexibility index (Phi) is 13.1. The van der Waals surface area contributed by atoms with Crippen LogP contribution in [-0.2, 0) is 20.1 Å². The summed E-state index contributed by atoms with van der Waals surface area (Å²) in [6.45, 7) is 0. The third kappa shape index (κ3) is 9.68. The van der Waals surface area contributed by atoms with Crippen LogP contribution in [0.1, 0.15) is 0 Å². The van der Waals surface area contributed by atoms with Crippen molar-refractivity contribution in [1.82, 2.24) is 4.98 Å². The Hall–Kier alpha value is -3.63. The molecule has 0 aliphatic rings. The van der Waals surface area contributed by atoms with E-state index in [0.29, 0.717) is 5.69 Å². The molecule has 5 rings (SSSR count). The fourth-order valence-corrected chi connectivity index (χ4v) is 4.08. The number of pyridine rings is 1. The number of rotatable bonds is 7. The van der Waals surface area contributed by atoms with Crippen LogP contribution in [-0.4, -0.2) is 4.98 Å². The van der Waals surface area contributed by atoms with Gasteiger partial charge in [-0.25, -0.2) is 0 Å². The van der Waals surface area contributed by atoms with Crippen molar-refractivity contribution in [2.24, 2.45) is 0 Å². The van der Waals surface area contributed by atoms with E-state index in [1.54, 1.807) is 24.4 Å². The maximum absolute atomic E-state index is 13.2. The summed E-state index contributed by atoms with van der Waals surface area (Å²) in [5, 5.41) is 0. The van der Waals surface area contributed by atoms with Gasteiger partial charge in [-0.1, -0.05) is 78.4 Å². The molecule has 0 amide bonds. The molecule has 0 atom stereocenters. The number of benzene rings is 4. The molecule has 1 heterocycles. The van der Waals surface area contributed by atoms with Gasteiger partial charge in [0, 0.05) is 37.9 Å². The van der Waals surface area contributed by atoms with E-state index in [1.807, 2.05) is 91.0 Å².